The van der Waals surface area contributed by atoms with Crippen molar-refractivity contribution < 1.29 is 4.92 Å². The lowest BCUT2D eigenvalue weighted by molar-refractivity contribution is -0.391. The Hall–Kier alpha value is -2.18. The topological polar surface area (TPSA) is 85.4 Å². The van der Waals surface area contributed by atoms with Crippen LogP contribution >= 0.6 is 0 Å². The Kier molecular flexibility index (Phi) is 4.16. The number of imidazole rings is 1. The van der Waals surface area contributed by atoms with Gasteiger partial charge in [0.2, 0.25) is 5.65 Å². The van der Waals surface area contributed by atoms with E-state index in [1.807, 2.05) is 0 Å². The summed E-state index contributed by atoms with van der Waals surface area (Å²) in [4.78, 5) is 14.3. The quantitative estimate of drug-likeness (QED) is 0.648. The third-order valence-corrected chi connectivity index (χ3v) is 3.10. The molecule has 0 radical (unpaired) electrons. The maximum Gasteiger partial charge on any atom is 0.368 e. The molecule has 7 heteroatoms. The van der Waals surface area contributed by atoms with E-state index in [-0.39, 0.29) is 11.9 Å². The SMILES string of the molecule is CC(C)CCC(C)Nc1ccc2ncc([N+](=O)[O-])n2n1. The lowest BCUT2D eigenvalue weighted by atomic mass is 10.0. The van der Waals surface area contributed by atoms with Crippen LogP contribution in [0.3, 0.4) is 0 Å². The van der Waals surface area contributed by atoms with Gasteiger partial charge in [0.25, 0.3) is 0 Å². The smallest absolute Gasteiger partial charge is 0.365 e. The number of nitrogens with zero attached hydrogens (tertiary/aromatic N) is 4. The van der Waals surface area contributed by atoms with Gasteiger partial charge in [0.1, 0.15) is 6.20 Å². The van der Waals surface area contributed by atoms with Gasteiger partial charge >= 0.3 is 5.82 Å². The average Bonchev–Trinajstić information content (AvgIpc) is 2.79. The minimum Gasteiger partial charge on any atom is -0.365 e. The van der Waals surface area contributed by atoms with Crippen LogP contribution in [-0.4, -0.2) is 25.6 Å². The summed E-state index contributed by atoms with van der Waals surface area (Å²) in [7, 11) is 0. The molecule has 2 heterocycles. The Bertz CT molecular complexity index is 608. The van der Waals surface area contributed by atoms with E-state index in [9.17, 15) is 10.1 Å². The fraction of sp³-hybridized carbons (Fsp3) is 0.538. The van der Waals surface area contributed by atoms with Crippen LogP contribution in [0.15, 0.2) is 18.3 Å². The van der Waals surface area contributed by atoms with Crippen molar-refractivity contribution in [2.45, 2.75) is 39.7 Å². The normalized spacial score (nSPS) is 12.8. The number of nitro groups is 1. The Morgan fingerprint density at radius 1 is 1.35 bits per heavy atom. The molecule has 0 saturated heterocycles. The average molecular weight is 277 g/mol. The summed E-state index contributed by atoms with van der Waals surface area (Å²) >= 11 is 0. The van der Waals surface area contributed by atoms with Crippen LogP contribution in [0.5, 0.6) is 0 Å². The maximum atomic E-state index is 10.9. The van der Waals surface area contributed by atoms with Gasteiger partial charge < -0.3 is 15.4 Å². The highest BCUT2D eigenvalue weighted by Gasteiger charge is 2.16. The summed E-state index contributed by atoms with van der Waals surface area (Å²) in [5, 5.41) is 18.4. The second-order valence-corrected chi connectivity index (χ2v) is 5.38. The van der Waals surface area contributed by atoms with Crippen LogP contribution in [0.25, 0.3) is 5.65 Å². The molecular weight excluding hydrogens is 258 g/mol. The molecule has 0 spiro atoms. The molecule has 0 bridgehead atoms. The predicted octanol–water partition coefficient (Wildman–Crippen LogP) is 2.87. The fourth-order valence-corrected chi connectivity index (χ4v) is 1.97. The summed E-state index contributed by atoms with van der Waals surface area (Å²) in [5.41, 5.74) is 0.470. The van der Waals surface area contributed by atoms with Crippen molar-refractivity contribution in [2.75, 3.05) is 5.32 Å². The fourth-order valence-electron chi connectivity index (χ4n) is 1.97. The molecule has 0 aliphatic rings. The first-order valence-electron chi connectivity index (χ1n) is 6.73. The monoisotopic (exact) mass is 277 g/mol. The Balaban J connectivity index is 2.14. The van der Waals surface area contributed by atoms with Gasteiger partial charge in [0, 0.05) is 12.1 Å². The molecule has 108 valence electrons. The van der Waals surface area contributed by atoms with Gasteiger partial charge in [-0.2, -0.15) is 0 Å². The molecule has 1 atom stereocenters. The minimum atomic E-state index is -0.487. The molecule has 0 aromatic carbocycles. The highest BCUT2D eigenvalue weighted by molar-refractivity contribution is 5.48. The number of anilines is 1. The molecule has 0 amide bonds. The molecule has 20 heavy (non-hydrogen) atoms. The first-order valence-corrected chi connectivity index (χ1v) is 6.73. The standard InChI is InChI=1S/C13H19N5O2/c1-9(2)4-5-10(3)15-11-6-7-12-14-8-13(18(19)20)17(12)16-11/h6-10H,4-5H2,1-3H3,(H,15,16). The number of aromatic nitrogens is 3. The zero-order valence-electron chi connectivity index (χ0n) is 11.9. The van der Waals surface area contributed by atoms with Gasteiger partial charge in [-0.15, -0.1) is 0 Å². The van der Waals surface area contributed by atoms with Crippen molar-refractivity contribution in [3.8, 4) is 0 Å². The molecule has 0 aliphatic carbocycles. The molecule has 2 aromatic heterocycles. The first-order chi connectivity index (χ1) is 9.47. The van der Waals surface area contributed by atoms with Crippen molar-refractivity contribution in [1.82, 2.24) is 14.6 Å². The van der Waals surface area contributed by atoms with Crippen LogP contribution in [0.4, 0.5) is 11.6 Å². The largest absolute Gasteiger partial charge is 0.368 e. The number of fused-ring (bicyclic) bond motifs is 1. The van der Waals surface area contributed by atoms with E-state index in [2.05, 4.69) is 36.2 Å². The van der Waals surface area contributed by atoms with E-state index in [0.29, 0.717) is 17.4 Å². The number of hydrogen-bond acceptors (Lipinski definition) is 5. The van der Waals surface area contributed by atoms with Crippen molar-refractivity contribution in [2.24, 2.45) is 5.92 Å². The second-order valence-electron chi connectivity index (χ2n) is 5.38. The molecule has 2 rings (SSSR count). The van der Waals surface area contributed by atoms with Crippen LogP contribution in [0, 0.1) is 16.0 Å². The Morgan fingerprint density at radius 2 is 2.10 bits per heavy atom. The summed E-state index contributed by atoms with van der Waals surface area (Å²) in [6, 6.07) is 3.78. The molecular formula is C13H19N5O2. The molecule has 0 saturated carbocycles. The number of rotatable bonds is 6. The van der Waals surface area contributed by atoms with Crippen molar-refractivity contribution in [1.29, 1.82) is 0 Å². The van der Waals surface area contributed by atoms with E-state index in [1.54, 1.807) is 12.1 Å². The second kappa shape index (κ2) is 5.85. The number of nitrogens with one attached hydrogen (secondary N) is 1. The highest BCUT2D eigenvalue weighted by atomic mass is 16.6. The molecule has 1 unspecified atom stereocenters. The highest BCUT2D eigenvalue weighted by Crippen LogP contribution is 2.16. The molecule has 7 nitrogen and oxygen atoms in total. The first kappa shape index (κ1) is 14.2. The van der Waals surface area contributed by atoms with Crippen LogP contribution in [0.2, 0.25) is 0 Å². The van der Waals surface area contributed by atoms with Crippen LogP contribution < -0.4 is 5.32 Å². The lowest BCUT2D eigenvalue weighted by Crippen LogP contribution is -2.17. The minimum absolute atomic E-state index is 0.126. The van der Waals surface area contributed by atoms with E-state index in [1.165, 1.54) is 10.7 Å². The van der Waals surface area contributed by atoms with Crippen LogP contribution in [0.1, 0.15) is 33.6 Å². The predicted molar refractivity (Wildman–Crippen MR) is 76.8 cm³/mol. The summed E-state index contributed by atoms with van der Waals surface area (Å²) in [5.74, 6) is 1.15. The summed E-state index contributed by atoms with van der Waals surface area (Å²) in [6.45, 7) is 6.45. The van der Waals surface area contributed by atoms with E-state index >= 15 is 0 Å². The molecule has 0 fully saturated rings. The Labute approximate surface area is 117 Å². The van der Waals surface area contributed by atoms with E-state index in [4.69, 9.17) is 0 Å². The van der Waals surface area contributed by atoms with Gasteiger partial charge in [0.15, 0.2) is 5.82 Å². The van der Waals surface area contributed by atoms with Gasteiger partial charge in [-0.1, -0.05) is 23.5 Å². The van der Waals surface area contributed by atoms with Crippen molar-refractivity contribution >= 4 is 17.3 Å². The zero-order chi connectivity index (χ0) is 14.7. The molecule has 0 aliphatic heterocycles. The van der Waals surface area contributed by atoms with Crippen molar-refractivity contribution in [3.63, 3.8) is 0 Å². The van der Waals surface area contributed by atoms with E-state index < -0.39 is 4.92 Å². The van der Waals surface area contributed by atoms with Crippen LogP contribution in [-0.2, 0) is 0 Å². The molecule has 2 aromatic rings. The van der Waals surface area contributed by atoms with Gasteiger partial charge in [-0.3, -0.25) is 0 Å². The third kappa shape index (κ3) is 3.23. The van der Waals surface area contributed by atoms with E-state index in [0.717, 1.165) is 12.8 Å². The van der Waals surface area contributed by atoms with Crippen molar-refractivity contribution in [3.05, 3.63) is 28.4 Å². The Morgan fingerprint density at radius 3 is 2.75 bits per heavy atom. The van der Waals surface area contributed by atoms with Gasteiger partial charge in [-0.25, -0.2) is 4.98 Å². The molecule has 1 N–H and O–H groups in total. The zero-order valence-corrected chi connectivity index (χ0v) is 11.9. The van der Waals surface area contributed by atoms with Gasteiger partial charge in [-0.05, 0) is 36.7 Å². The summed E-state index contributed by atoms with van der Waals surface area (Å²) in [6.07, 6.45) is 3.37. The number of hydrogen-bond donors (Lipinski definition) is 1. The lowest BCUT2D eigenvalue weighted by Gasteiger charge is -2.14. The summed E-state index contributed by atoms with van der Waals surface area (Å²) < 4.78 is 1.25. The maximum absolute atomic E-state index is 10.9. The third-order valence-electron chi connectivity index (χ3n) is 3.10. The van der Waals surface area contributed by atoms with Gasteiger partial charge in [0.05, 0.1) is 0 Å².